The summed E-state index contributed by atoms with van der Waals surface area (Å²) < 4.78 is 37.7. The van der Waals surface area contributed by atoms with Gasteiger partial charge in [-0.05, 0) is 60.8 Å². The van der Waals surface area contributed by atoms with Crippen molar-refractivity contribution in [3.8, 4) is 0 Å². The molecule has 2 heterocycles. The van der Waals surface area contributed by atoms with Crippen LogP contribution < -0.4 is 21.1 Å². The van der Waals surface area contributed by atoms with E-state index in [1.165, 1.54) is 11.6 Å². The van der Waals surface area contributed by atoms with Crippen LogP contribution in [0.4, 0.5) is 27.5 Å². The number of hydrogen-bond donors (Lipinski definition) is 4. The smallest absolute Gasteiger partial charge is 0.238 e. The fourth-order valence-electron chi connectivity index (χ4n) is 3.32. The second-order valence-electron chi connectivity index (χ2n) is 7.08. The quantitative estimate of drug-likeness (QED) is 0.493. The highest BCUT2D eigenvalue weighted by molar-refractivity contribution is 7.89. The molecule has 0 saturated heterocycles. The van der Waals surface area contributed by atoms with Crippen LogP contribution in [0.1, 0.15) is 16.7 Å². The minimum Gasteiger partial charge on any atom is -0.338 e. The van der Waals surface area contributed by atoms with E-state index in [1.807, 2.05) is 18.2 Å². The van der Waals surface area contributed by atoms with Gasteiger partial charge in [0.15, 0.2) is 11.6 Å². The van der Waals surface area contributed by atoms with Gasteiger partial charge in [-0.1, -0.05) is 12.1 Å². The number of fused-ring (bicyclic) bond motifs is 1. The van der Waals surface area contributed by atoms with Crippen molar-refractivity contribution < 1.29 is 12.8 Å². The lowest BCUT2D eigenvalue weighted by atomic mass is 10.0. The summed E-state index contributed by atoms with van der Waals surface area (Å²) in [7, 11) is -3.87. The predicted molar refractivity (Wildman–Crippen MR) is 113 cm³/mol. The van der Waals surface area contributed by atoms with Crippen LogP contribution in [-0.2, 0) is 23.0 Å². The summed E-state index contributed by atoms with van der Waals surface area (Å²) in [4.78, 5) is 8.11. The minimum atomic E-state index is -3.87. The third-order valence-electron chi connectivity index (χ3n) is 4.85. The Labute approximate surface area is 173 Å². The van der Waals surface area contributed by atoms with Crippen LogP contribution in [0.25, 0.3) is 0 Å². The van der Waals surface area contributed by atoms with Gasteiger partial charge in [-0.2, -0.15) is 4.98 Å². The Balaban J connectivity index is 1.58. The molecular formula is C20H21FN6O2S. The molecule has 0 unspecified atom stereocenters. The zero-order valence-electron chi connectivity index (χ0n) is 16.2. The first-order valence-corrected chi connectivity index (χ1v) is 10.9. The average molecular weight is 428 g/mol. The molecule has 0 bridgehead atoms. The Bertz CT molecular complexity index is 1220. The summed E-state index contributed by atoms with van der Waals surface area (Å²) in [5.74, 6) is -0.483. The predicted octanol–water partition coefficient (Wildman–Crippen LogP) is 2.70. The van der Waals surface area contributed by atoms with Crippen molar-refractivity contribution in [2.24, 2.45) is 5.14 Å². The van der Waals surface area contributed by atoms with Crippen molar-refractivity contribution in [1.82, 2.24) is 15.3 Å². The maximum Gasteiger partial charge on any atom is 0.238 e. The maximum atomic E-state index is 14.3. The van der Waals surface area contributed by atoms with E-state index in [9.17, 15) is 12.8 Å². The lowest BCUT2D eigenvalue weighted by Crippen LogP contribution is -2.23. The van der Waals surface area contributed by atoms with Crippen molar-refractivity contribution in [2.45, 2.75) is 24.8 Å². The van der Waals surface area contributed by atoms with Crippen LogP contribution >= 0.6 is 0 Å². The van der Waals surface area contributed by atoms with Gasteiger partial charge in [0, 0.05) is 17.9 Å². The van der Waals surface area contributed by atoms with Crippen LogP contribution in [0.5, 0.6) is 0 Å². The maximum absolute atomic E-state index is 14.3. The summed E-state index contributed by atoms with van der Waals surface area (Å²) >= 11 is 0. The number of primary sulfonamides is 1. The zero-order valence-corrected chi connectivity index (χ0v) is 17.1. The number of sulfonamides is 1. The number of halogens is 1. The average Bonchev–Trinajstić information content (AvgIpc) is 2.71. The van der Waals surface area contributed by atoms with Crippen molar-refractivity contribution in [3.63, 3.8) is 0 Å². The van der Waals surface area contributed by atoms with Gasteiger partial charge < -0.3 is 16.0 Å². The Morgan fingerprint density at radius 1 is 1.10 bits per heavy atom. The fourth-order valence-corrected chi connectivity index (χ4v) is 4.13. The first kappa shape index (κ1) is 20.2. The van der Waals surface area contributed by atoms with Crippen molar-refractivity contribution in [2.75, 3.05) is 17.2 Å². The zero-order chi connectivity index (χ0) is 21.3. The molecule has 1 aliphatic heterocycles. The van der Waals surface area contributed by atoms with Crippen LogP contribution in [0.2, 0.25) is 0 Å². The van der Waals surface area contributed by atoms with E-state index in [0.29, 0.717) is 16.9 Å². The molecule has 1 aromatic heterocycles. The van der Waals surface area contributed by atoms with Crippen LogP contribution in [0, 0.1) is 12.7 Å². The van der Waals surface area contributed by atoms with Gasteiger partial charge in [-0.3, -0.25) is 0 Å². The molecule has 5 N–H and O–H groups in total. The Hall–Kier alpha value is -3.08. The molecule has 0 aliphatic carbocycles. The molecular weight excluding hydrogens is 407 g/mol. The number of nitrogens with two attached hydrogens (primary N) is 1. The molecule has 0 amide bonds. The Morgan fingerprint density at radius 3 is 2.67 bits per heavy atom. The van der Waals surface area contributed by atoms with Gasteiger partial charge in [0.1, 0.15) is 0 Å². The van der Waals surface area contributed by atoms with Crippen LogP contribution in [0.15, 0.2) is 47.5 Å². The van der Waals surface area contributed by atoms with Crippen LogP contribution in [-0.4, -0.2) is 24.9 Å². The molecule has 3 aromatic rings. The van der Waals surface area contributed by atoms with Crippen molar-refractivity contribution in [3.05, 3.63) is 65.1 Å². The van der Waals surface area contributed by atoms with Gasteiger partial charge in [0.05, 0.1) is 11.1 Å². The molecule has 30 heavy (non-hydrogen) atoms. The largest absolute Gasteiger partial charge is 0.338 e. The standard InChI is InChI=1S/C20H21FN6O2S/c1-12-2-4-16(9-18(12)30(22,28)29)26-20-24-11-17(21)19(27-20)25-15-5-3-13-6-7-23-10-14(13)8-15/h2-5,8-9,11,23H,6-7,10H2,1H3,(H2,22,28,29)(H2,24,25,26,27). The molecule has 0 saturated carbocycles. The highest BCUT2D eigenvalue weighted by Crippen LogP contribution is 2.25. The fraction of sp³-hybridized carbons (Fsp3) is 0.200. The highest BCUT2D eigenvalue weighted by atomic mass is 32.2. The summed E-state index contributed by atoms with van der Waals surface area (Å²) in [5.41, 5.74) is 4.09. The van der Waals surface area contributed by atoms with Gasteiger partial charge >= 0.3 is 0 Å². The SMILES string of the molecule is Cc1ccc(Nc2ncc(F)c(Nc3ccc4c(c3)CNCC4)n2)cc1S(N)(=O)=O. The van der Waals surface area contributed by atoms with E-state index >= 15 is 0 Å². The monoisotopic (exact) mass is 428 g/mol. The third-order valence-corrected chi connectivity index (χ3v) is 5.90. The molecule has 0 radical (unpaired) electrons. The Morgan fingerprint density at radius 2 is 1.87 bits per heavy atom. The number of aromatic nitrogens is 2. The van der Waals surface area contributed by atoms with E-state index in [2.05, 4.69) is 25.9 Å². The highest BCUT2D eigenvalue weighted by Gasteiger charge is 2.14. The van der Waals surface area contributed by atoms with Crippen molar-refractivity contribution >= 4 is 33.2 Å². The lowest BCUT2D eigenvalue weighted by Gasteiger charge is -2.18. The number of nitrogens with zero attached hydrogens (tertiary/aromatic N) is 2. The lowest BCUT2D eigenvalue weighted by molar-refractivity contribution is 0.597. The summed E-state index contributed by atoms with van der Waals surface area (Å²) in [6.45, 7) is 3.36. The number of benzene rings is 2. The van der Waals surface area contributed by atoms with E-state index in [-0.39, 0.29) is 16.7 Å². The van der Waals surface area contributed by atoms with E-state index in [1.54, 1.807) is 19.1 Å². The number of hydrogen-bond acceptors (Lipinski definition) is 7. The first-order chi connectivity index (χ1) is 14.3. The normalized spacial score (nSPS) is 13.6. The second kappa shape index (κ2) is 7.98. The third kappa shape index (κ3) is 4.40. The van der Waals surface area contributed by atoms with Gasteiger partial charge in [-0.25, -0.2) is 22.9 Å². The topological polar surface area (TPSA) is 122 Å². The van der Waals surface area contributed by atoms with E-state index in [4.69, 9.17) is 5.14 Å². The van der Waals surface area contributed by atoms with Crippen molar-refractivity contribution in [1.29, 1.82) is 0 Å². The molecule has 0 atom stereocenters. The molecule has 156 valence electrons. The van der Waals surface area contributed by atoms with Gasteiger partial charge in [0.2, 0.25) is 16.0 Å². The summed E-state index contributed by atoms with van der Waals surface area (Å²) in [6, 6.07) is 10.6. The minimum absolute atomic E-state index is 0.00405. The van der Waals surface area contributed by atoms with E-state index < -0.39 is 15.8 Å². The number of aryl methyl sites for hydroxylation is 1. The van der Waals surface area contributed by atoms with Crippen LogP contribution in [0.3, 0.4) is 0 Å². The molecule has 4 rings (SSSR count). The Kier molecular flexibility index (Phi) is 5.37. The number of nitrogens with one attached hydrogen (secondary N) is 3. The molecule has 8 nitrogen and oxygen atoms in total. The molecule has 10 heteroatoms. The molecule has 2 aromatic carbocycles. The van der Waals surface area contributed by atoms with Gasteiger partial charge in [0.25, 0.3) is 0 Å². The molecule has 1 aliphatic rings. The number of rotatable bonds is 5. The first-order valence-electron chi connectivity index (χ1n) is 9.32. The van der Waals surface area contributed by atoms with Gasteiger partial charge in [-0.15, -0.1) is 0 Å². The molecule has 0 fully saturated rings. The molecule has 0 spiro atoms. The number of anilines is 4. The second-order valence-corrected chi connectivity index (χ2v) is 8.61. The summed E-state index contributed by atoms with van der Waals surface area (Å²) in [6.07, 6.45) is 2.01. The van der Waals surface area contributed by atoms with E-state index in [0.717, 1.165) is 31.3 Å². The summed E-state index contributed by atoms with van der Waals surface area (Å²) in [5, 5.41) is 14.4.